The molecule has 3 nitrogen and oxygen atoms in total. The molecule has 1 aromatic heterocycles. The van der Waals surface area contributed by atoms with E-state index in [1.165, 1.54) is 6.42 Å². The second-order valence-corrected chi connectivity index (χ2v) is 5.44. The lowest BCUT2D eigenvalue weighted by Gasteiger charge is -2.10. The lowest BCUT2D eigenvalue weighted by atomic mass is 10.0. The fourth-order valence-electron chi connectivity index (χ4n) is 1.44. The molecule has 0 fully saturated rings. The first-order valence-electron chi connectivity index (χ1n) is 5.07. The third kappa shape index (κ3) is 4.22. The Kier molecular flexibility index (Phi) is 4.58. The molecule has 0 radical (unpaired) electrons. The highest BCUT2D eigenvalue weighted by molar-refractivity contribution is 9.09. The van der Waals surface area contributed by atoms with Crippen molar-refractivity contribution < 1.29 is 0 Å². The summed E-state index contributed by atoms with van der Waals surface area (Å²) in [5.41, 5.74) is 1.08. The van der Waals surface area contributed by atoms with Crippen LogP contribution in [0.2, 0.25) is 0 Å². The molecule has 0 saturated carbocycles. The second kappa shape index (κ2) is 5.49. The Morgan fingerprint density at radius 1 is 1.50 bits per heavy atom. The summed E-state index contributed by atoms with van der Waals surface area (Å²) in [4.78, 5) is 0.601. The predicted molar refractivity (Wildman–Crippen MR) is 61.5 cm³/mol. The van der Waals surface area contributed by atoms with E-state index in [2.05, 4.69) is 40.1 Å². The van der Waals surface area contributed by atoms with E-state index in [-0.39, 0.29) is 0 Å². The van der Waals surface area contributed by atoms with Crippen LogP contribution in [0, 0.1) is 5.92 Å². The number of aryl methyl sites for hydroxylation is 2. The minimum atomic E-state index is 0.601. The van der Waals surface area contributed by atoms with Crippen LogP contribution < -0.4 is 0 Å². The third-order valence-corrected chi connectivity index (χ3v) is 2.92. The van der Waals surface area contributed by atoms with E-state index in [0.29, 0.717) is 4.83 Å². The Labute approximate surface area is 94.0 Å². The Hall–Kier alpha value is -0.380. The molecule has 1 aromatic rings. The molecule has 0 aromatic carbocycles. The van der Waals surface area contributed by atoms with Crippen LogP contribution in [0.4, 0.5) is 0 Å². The maximum absolute atomic E-state index is 4.06. The zero-order valence-corrected chi connectivity index (χ0v) is 10.7. The fraction of sp³-hybridized carbons (Fsp3) is 0.800. The van der Waals surface area contributed by atoms with Gasteiger partial charge in [0.05, 0.1) is 5.69 Å². The van der Waals surface area contributed by atoms with Gasteiger partial charge in [-0.3, -0.25) is 4.68 Å². The van der Waals surface area contributed by atoms with Gasteiger partial charge in [0.25, 0.3) is 0 Å². The van der Waals surface area contributed by atoms with Gasteiger partial charge in [-0.05, 0) is 25.2 Å². The van der Waals surface area contributed by atoms with Crippen molar-refractivity contribution in [2.45, 2.75) is 37.9 Å². The summed E-state index contributed by atoms with van der Waals surface area (Å²) >= 11 is 3.69. The molecule has 0 aliphatic rings. The minimum Gasteiger partial charge on any atom is -0.255 e. The van der Waals surface area contributed by atoms with E-state index in [0.717, 1.165) is 24.5 Å². The standard InChI is InChI=1S/C10H18BrN3/c1-8(2)6-9(11)4-5-10-7-14(3)13-12-10/h7-9H,4-6H2,1-3H3. The molecule has 0 aliphatic carbocycles. The third-order valence-electron chi connectivity index (χ3n) is 2.09. The van der Waals surface area contributed by atoms with Gasteiger partial charge in [0.1, 0.15) is 0 Å². The van der Waals surface area contributed by atoms with E-state index >= 15 is 0 Å². The highest BCUT2D eigenvalue weighted by atomic mass is 79.9. The van der Waals surface area contributed by atoms with Crippen molar-refractivity contribution in [3.8, 4) is 0 Å². The molecule has 0 aliphatic heterocycles. The Morgan fingerprint density at radius 2 is 2.21 bits per heavy atom. The molecule has 1 atom stereocenters. The average Bonchev–Trinajstić information content (AvgIpc) is 2.47. The van der Waals surface area contributed by atoms with Gasteiger partial charge in [-0.1, -0.05) is 35.0 Å². The van der Waals surface area contributed by atoms with E-state index in [4.69, 9.17) is 0 Å². The smallest absolute Gasteiger partial charge is 0.0827 e. The molecule has 0 saturated heterocycles. The van der Waals surface area contributed by atoms with E-state index in [1.54, 1.807) is 4.68 Å². The Balaban J connectivity index is 2.26. The monoisotopic (exact) mass is 259 g/mol. The maximum atomic E-state index is 4.06. The van der Waals surface area contributed by atoms with Gasteiger partial charge in [0.2, 0.25) is 0 Å². The predicted octanol–water partition coefficient (Wildman–Crippen LogP) is 2.56. The van der Waals surface area contributed by atoms with E-state index in [1.807, 2.05) is 13.2 Å². The van der Waals surface area contributed by atoms with Crippen LogP contribution in [0.5, 0.6) is 0 Å². The minimum absolute atomic E-state index is 0.601. The van der Waals surface area contributed by atoms with Gasteiger partial charge in [-0.2, -0.15) is 0 Å². The van der Waals surface area contributed by atoms with Crippen molar-refractivity contribution in [1.82, 2.24) is 15.0 Å². The quantitative estimate of drug-likeness (QED) is 0.762. The van der Waals surface area contributed by atoms with Gasteiger partial charge in [-0.25, -0.2) is 0 Å². The summed E-state index contributed by atoms with van der Waals surface area (Å²) in [7, 11) is 1.90. The molecule has 14 heavy (non-hydrogen) atoms. The maximum Gasteiger partial charge on any atom is 0.0827 e. The zero-order chi connectivity index (χ0) is 10.6. The molecular formula is C10H18BrN3. The summed E-state index contributed by atoms with van der Waals surface area (Å²) in [5, 5.41) is 7.97. The van der Waals surface area contributed by atoms with Crippen LogP contribution >= 0.6 is 15.9 Å². The van der Waals surface area contributed by atoms with Crippen molar-refractivity contribution in [2.24, 2.45) is 13.0 Å². The Bertz CT molecular complexity index is 270. The molecule has 1 unspecified atom stereocenters. The number of aromatic nitrogens is 3. The molecule has 0 N–H and O–H groups in total. The number of hydrogen-bond acceptors (Lipinski definition) is 2. The number of halogens is 1. The van der Waals surface area contributed by atoms with Crippen molar-refractivity contribution in [3.63, 3.8) is 0 Å². The van der Waals surface area contributed by atoms with Crippen LogP contribution in [0.25, 0.3) is 0 Å². The molecule has 4 heteroatoms. The normalized spacial score (nSPS) is 13.5. The average molecular weight is 260 g/mol. The molecule has 1 heterocycles. The van der Waals surface area contributed by atoms with Gasteiger partial charge < -0.3 is 0 Å². The molecule has 0 amide bonds. The largest absolute Gasteiger partial charge is 0.255 e. The van der Waals surface area contributed by atoms with Crippen LogP contribution in [0.15, 0.2) is 6.20 Å². The van der Waals surface area contributed by atoms with Crippen molar-refractivity contribution in [3.05, 3.63) is 11.9 Å². The molecule has 1 rings (SSSR count). The van der Waals surface area contributed by atoms with Crippen molar-refractivity contribution in [1.29, 1.82) is 0 Å². The van der Waals surface area contributed by atoms with Gasteiger partial charge in [0.15, 0.2) is 0 Å². The summed E-state index contributed by atoms with van der Waals surface area (Å²) in [5.74, 6) is 0.751. The lowest BCUT2D eigenvalue weighted by molar-refractivity contribution is 0.553. The topological polar surface area (TPSA) is 30.7 Å². The SMILES string of the molecule is CC(C)CC(Br)CCc1cn(C)nn1. The number of hydrogen-bond donors (Lipinski definition) is 0. The molecular weight excluding hydrogens is 242 g/mol. The van der Waals surface area contributed by atoms with E-state index in [9.17, 15) is 0 Å². The number of rotatable bonds is 5. The first-order chi connectivity index (χ1) is 6.58. The fourth-order valence-corrected chi connectivity index (χ4v) is 2.42. The molecule has 0 bridgehead atoms. The Morgan fingerprint density at radius 3 is 2.71 bits per heavy atom. The second-order valence-electron chi connectivity index (χ2n) is 4.15. The molecule has 0 spiro atoms. The summed E-state index contributed by atoms with van der Waals surface area (Å²) < 4.78 is 1.75. The molecule has 80 valence electrons. The van der Waals surface area contributed by atoms with Gasteiger partial charge in [-0.15, -0.1) is 5.10 Å². The lowest BCUT2D eigenvalue weighted by Crippen LogP contribution is -2.04. The van der Waals surface area contributed by atoms with Gasteiger partial charge in [0, 0.05) is 18.1 Å². The van der Waals surface area contributed by atoms with Crippen LogP contribution in [-0.4, -0.2) is 19.8 Å². The zero-order valence-electron chi connectivity index (χ0n) is 9.07. The van der Waals surface area contributed by atoms with Crippen molar-refractivity contribution in [2.75, 3.05) is 0 Å². The van der Waals surface area contributed by atoms with E-state index < -0.39 is 0 Å². The first kappa shape index (κ1) is 11.7. The number of alkyl halides is 1. The van der Waals surface area contributed by atoms with Gasteiger partial charge >= 0.3 is 0 Å². The van der Waals surface area contributed by atoms with Crippen LogP contribution in [0.1, 0.15) is 32.4 Å². The van der Waals surface area contributed by atoms with Crippen molar-refractivity contribution >= 4 is 15.9 Å². The first-order valence-corrected chi connectivity index (χ1v) is 5.98. The summed E-state index contributed by atoms with van der Waals surface area (Å²) in [6.07, 6.45) is 5.35. The number of nitrogens with zero attached hydrogens (tertiary/aromatic N) is 3. The van der Waals surface area contributed by atoms with Crippen LogP contribution in [0.3, 0.4) is 0 Å². The van der Waals surface area contributed by atoms with Crippen LogP contribution in [-0.2, 0) is 13.5 Å². The highest BCUT2D eigenvalue weighted by Gasteiger charge is 2.08. The highest BCUT2D eigenvalue weighted by Crippen LogP contribution is 2.17. The summed E-state index contributed by atoms with van der Waals surface area (Å²) in [6, 6.07) is 0. The summed E-state index contributed by atoms with van der Waals surface area (Å²) in [6.45, 7) is 4.49.